The van der Waals surface area contributed by atoms with Crippen molar-refractivity contribution in [3.05, 3.63) is 29.8 Å². The predicted octanol–water partition coefficient (Wildman–Crippen LogP) is 3.64. The number of nitriles is 1. The second-order valence-electron chi connectivity index (χ2n) is 4.17. The van der Waals surface area contributed by atoms with Crippen molar-refractivity contribution in [2.24, 2.45) is 0 Å². The third-order valence-corrected chi connectivity index (χ3v) is 5.73. The van der Waals surface area contributed by atoms with Crippen LogP contribution in [0.3, 0.4) is 0 Å². The van der Waals surface area contributed by atoms with Crippen LogP contribution in [0, 0.1) is 11.3 Å². The summed E-state index contributed by atoms with van der Waals surface area (Å²) in [7, 11) is 0. The summed E-state index contributed by atoms with van der Waals surface area (Å²) >= 11 is 4.49. The summed E-state index contributed by atoms with van der Waals surface area (Å²) in [6.07, 6.45) is 0. The first-order chi connectivity index (χ1) is 10.6. The smallest absolute Gasteiger partial charge is 0.237 e. The van der Waals surface area contributed by atoms with E-state index >= 15 is 0 Å². The highest BCUT2D eigenvalue weighted by Gasteiger charge is 2.18. The van der Waals surface area contributed by atoms with Crippen LogP contribution in [-0.2, 0) is 4.79 Å². The van der Waals surface area contributed by atoms with Crippen LogP contribution in [-0.4, -0.2) is 27.1 Å². The van der Waals surface area contributed by atoms with E-state index in [4.69, 9.17) is 5.26 Å². The van der Waals surface area contributed by atoms with E-state index in [-0.39, 0.29) is 11.2 Å². The van der Waals surface area contributed by atoms with Gasteiger partial charge in [0.05, 0.1) is 16.5 Å². The molecule has 1 heterocycles. The first-order valence-corrected chi connectivity index (χ1v) is 9.25. The first-order valence-electron chi connectivity index (χ1n) is 6.57. The number of hydrogen-bond donors (Lipinski definition) is 1. The van der Waals surface area contributed by atoms with E-state index in [0.29, 0.717) is 11.3 Å². The minimum atomic E-state index is -0.320. The molecular formula is C14H14N4OS3. The van der Waals surface area contributed by atoms with Gasteiger partial charge in [0.15, 0.2) is 8.68 Å². The number of rotatable bonds is 6. The van der Waals surface area contributed by atoms with Gasteiger partial charge in [-0.2, -0.15) is 5.26 Å². The number of amides is 1. The Labute approximate surface area is 141 Å². The van der Waals surface area contributed by atoms with Crippen molar-refractivity contribution in [1.29, 1.82) is 5.26 Å². The van der Waals surface area contributed by atoms with Gasteiger partial charge in [-0.1, -0.05) is 53.9 Å². The van der Waals surface area contributed by atoms with Crippen LogP contribution in [0.5, 0.6) is 0 Å². The average molecular weight is 350 g/mol. The Morgan fingerprint density at radius 3 is 2.86 bits per heavy atom. The van der Waals surface area contributed by atoms with E-state index in [1.54, 1.807) is 36.0 Å². The summed E-state index contributed by atoms with van der Waals surface area (Å²) in [4.78, 5) is 12.2. The van der Waals surface area contributed by atoms with E-state index in [1.807, 2.05) is 6.92 Å². The molecule has 114 valence electrons. The Balaban J connectivity index is 1.98. The normalized spacial score (nSPS) is 11.7. The SMILES string of the molecule is CCSc1nnc(S[C@H](C)C(=O)Nc2ccccc2C#N)s1. The quantitative estimate of drug-likeness (QED) is 0.801. The van der Waals surface area contributed by atoms with Crippen molar-refractivity contribution in [3.8, 4) is 6.07 Å². The van der Waals surface area contributed by atoms with Crippen molar-refractivity contribution in [2.75, 3.05) is 11.1 Å². The zero-order chi connectivity index (χ0) is 15.9. The molecule has 0 aliphatic heterocycles. The van der Waals surface area contributed by atoms with Crippen molar-refractivity contribution >= 4 is 46.5 Å². The summed E-state index contributed by atoms with van der Waals surface area (Å²) in [5.41, 5.74) is 0.979. The Hall–Kier alpha value is -1.56. The molecule has 1 N–H and O–H groups in total. The van der Waals surface area contributed by atoms with Gasteiger partial charge in [-0.15, -0.1) is 10.2 Å². The summed E-state index contributed by atoms with van der Waals surface area (Å²) < 4.78 is 1.68. The number of thioether (sulfide) groups is 2. The number of benzene rings is 1. The van der Waals surface area contributed by atoms with Crippen LogP contribution in [0.1, 0.15) is 19.4 Å². The average Bonchev–Trinajstić information content (AvgIpc) is 2.95. The lowest BCUT2D eigenvalue weighted by atomic mass is 10.2. The summed E-state index contributed by atoms with van der Waals surface area (Å²) in [5.74, 6) is 0.785. The van der Waals surface area contributed by atoms with Crippen LogP contribution in [0.15, 0.2) is 32.9 Å². The van der Waals surface area contributed by atoms with Gasteiger partial charge in [0.2, 0.25) is 5.91 Å². The lowest BCUT2D eigenvalue weighted by Gasteiger charge is -2.11. The van der Waals surface area contributed by atoms with Crippen LogP contribution < -0.4 is 5.32 Å². The van der Waals surface area contributed by atoms with Crippen molar-refractivity contribution < 1.29 is 4.79 Å². The highest BCUT2D eigenvalue weighted by atomic mass is 32.2. The Morgan fingerprint density at radius 1 is 1.41 bits per heavy atom. The minimum absolute atomic E-state index is 0.160. The molecule has 5 nitrogen and oxygen atoms in total. The predicted molar refractivity (Wildman–Crippen MR) is 91.4 cm³/mol. The first kappa shape index (κ1) is 16.8. The Kier molecular flexibility index (Phi) is 6.24. The van der Waals surface area contributed by atoms with Gasteiger partial charge in [-0.3, -0.25) is 4.79 Å². The maximum atomic E-state index is 12.2. The third-order valence-electron chi connectivity index (χ3n) is 2.61. The molecule has 1 amide bonds. The molecular weight excluding hydrogens is 336 g/mol. The molecule has 0 bridgehead atoms. The zero-order valence-corrected chi connectivity index (χ0v) is 14.5. The second kappa shape index (κ2) is 8.17. The Morgan fingerprint density at radius 2 is 2.14 bits per heavy atom. The second-order valence-corrected chi connectivity index (χ2v) is 8.25. The summed E-state index contributed by atoms with van der Waals surface area (Å²) in [6, 6.07) is 9.00. The van der Waals surface area contributed by atoms with E-state index < -0.39 is 0 Å². The van der Waals surface area contributed by atoms with Gasteiger partial charge < -0.3 is 5.32 Å². The molecule has 22 heavy (non-hydrogen) atoms. The standard InChI is InChI=1S/C14H14N4OS3/c1-3-20-13-17-18-14(22-13)21-9(2)12(19)16-11-7-5-4-6-10(11)8-15/h4-7,9H,3H2,1-2H3,(H,16,19)/t9-/m1/s1. The topological polar surface area (TPSA) is 78.7 Å². The number of nitrogens with one attached hydrogen (secondary N) is 1. The highest BCUT2D eigenvalue weighted by molar-refractivity contribution is 8.03. The number of carbonyl (C=O) groups excluding carboxylic acids is 1. The molecule has 2 aromatic rings. The maximum absolute atomic E-state index is 12.2. The lowest BCUT2D eigenvalue weighted by Crippen LogP contribution is -2.22. The molecule has 0 aliphatic rings. The van der Waals surface area contributed by atoms with E-state index in [2.05, 4.69) is 28.5 Å². The Bertz CT molecular complexity index is 695. The zero-order valence-electron chi connectivity index (χ0n) is 12.1. The number of aromatic nitrogens is 2. The highest BCUT2D eigenvalue weighted by Crippen LogP contribution is 2.31. The number of hydrogen-bond acceptors (Lipinski definition) is 7. The molecule has 0 unspecified atom stereocenters. The molecule has 0 aliphatic carbocycles. The van der Waals surface area contributed by atoms with Crippen molar-refractivity contribution in [2.45, 2.75) is 27.8 Å². The number of carbonyl (C=O) groups is 1. The van der Waals surface area contributed by atoms with E-state index in [9.17, 15) is 4.79 Å². The van der Waals surface area contributed by atoms with Gasteiger partial charge in [-0.05, 0) is 24.8 Å². The van der Waals surface area contributed by atoms with Gasteiger partial charge in [0, 0.05) is 0 Å². The number of anilines is 1. The molecule has 0 fully saturated rings. The lowest BCUT2D eigenvalue weighted by molar-refractivity contribution is -0.115. The van der Waals surface area contributed by atoms with E-state index in [1.165, 1.54) is 23.1 Å². The molecule has 1 aromatic heterocycles. The van der Waals surface area contributed by atoms with Crippen LogP contribution in [0.4, 0.5) is 5.69 Å². The van der Waals surface area contributed by atoms with Gasteiger partial charge in [0.1, 0.15) is 6.07 Å². The van der Waals surface area contributed by atoms with Gasteiger partial charge >= 0.3 is 0 Å². The van der Waals surface area contributed by atoms with Crippen molar-refractivity contribution in [3.63, 3.8) is 0 Å². The summed E-state index contributed by atoms with van der Waals surface area (Å²) in [5, 5.41) is 19.6. The van der Waals surface area contributed by atoms with Gasteiger partial charge in [0.25, 0.3) is 0 Å². The molecule has 0 radical (unpaired) electrons. The molecule has 1 atom stereocenters. The fourth-order valence-corrected chi connectivity index (χ4v) is 4.62. The van der Waals surface area contributed by atoms with E-state index in [0.717, 1.165) is 14.4 Å². The van der Waals surface area contributed by atoms with Crippen LogP contribution in [0.2, 0.25) is 0 Å². The van der Waals surface area contributed by atoms with Crippen LogP contribution >= 0.6 is 34.9 Å². The number of para-hydroxylation sites is 1. The minimum Gasteiger partial charge on any atom is -0.324 e. The molecule has 8 heteroatoms. The maximum Gasteiger partial charge on any atom is 0.237 e. The summed E-state index contributed by atoms with van der Waals surface area (Å²) in [6.45, 7) is 3.87. The molecule has 1 aromatic carbocycles. The fraction of sp³-hybridized carbons (Fsp3) is 0.286. The number of nitrogens with zero attached hydrogens (tertiary/aromatic N) is 3. The molecule has 0 saturated carbocycles. The molecule has 0 saturated heterocycles. The fourth-order valence-electron chi connectivity index (χ4n) is 1.56. The molecule has 2 rings (SSSR count). The van der Waals surface area contributed by atoms with Crippen LogP contribution in [0.25, 0.3) is 0 Å². The third kappa shape index (κ3) is 4.47. The largest absolute Gasteiger partial charge is 0.324 e. The van der Waals surface area contributed by atoms with Crippen molar-refractivity contribution in [1.82, 2.24) is 10.2 Å². The van der Waals surface area contributed by atoms with Gasteiger partial charge in [-0.25, -0.2) is 0 Å². The molecule has 0 spiro atoms. The monoisotopic (exact) mass is 350 g/mol.